The summed E-state index contributed by atoms with van der Waals surface area (Å²) in [5.74, 6) is -0.428. The molecule has 2 aromatic rings. The molecule has 0 spiro atoms. The Labute approximate surface area is 120 Å². The molecule has 2 rings (SSSR count). The smallest absolute Gasteiger partial charge is 0.249 e. The lowest BCUT2D eigenvalue weighted by Crippen LogP contribution is -2.19. The highest BCUT2D eigenvalue weighted by atomic mass is 32.1. The Kier molecular flexibility index (Phi) is 5.20. The average Bonchev–Trinajstić information content (AvgIpc) is 2.86. The van der Waals surface area contributed by atoms with Gasteiger partial charge in [-0.25, -0.2) is 4.39 Å². The number of nitrogens with one attached hydrogen (secondary N) is 1. The summed E-state index contributed by atoms with van der Waals surface area (Å²) in [6, 6.07) is 6.60. The van der Waals surface area contributed by atoms with Crippen LogP contribution in [0.2, 0.25) is 0 Å². The van der Waals surface area contributed by atoms with E-state index in [4.69, 9.17) is 0 Å². The zero-order valence-electron chi connectivity index (χ0n) is 11.2. The Hall–Kier alpha value is -1.79. The third-order valence-electron chi connectivity index (χ3n) is 2.77. The molecule has 0 aliphatic rings. The molecule has 0 atom stereocenters. The zero-order valence-corrected chi connectivity index (χ0v) is 12.0. The van der Waals surface area contributed by atoms with Crippen molar-refractivity contribution >= 4 is 17.2 Å². The quantitative estimate of drug-likeness (QED) is 0.913. The first-order valence-corrected chi connectivity index (χ1v) is 7.18. The van der Waals surface area contributed by atoms with Gasteiger partial charge in [0.1, 0.15) is 5.82 Å². The number of benzene rings is 1. The molecule has 6 heteroatoms. The van der Waals surface area contributed by atoms with Crippen LogP contribution in [0, 0.1) is 5.82 Å². The van der Waals surface area contributed by atoms with Crippen LogP contribution < -0.4 is 10.1 Å². The number of hydrogen-bond donors (Lipinski definition) is 1. The largest absolute Gasteiger partial charge is 0.319 e. The van der Waals surface area contributed by atoms with Crippen molar-refractivity contribution in [2.24, 2.45) is 4.99 Å². The maximum absolute atomic E-state index is 13.6. The number of carbonyl (C=O) groups excluding carboxylic acids is 1. The second kappa shape index (κ2) is 7.12. The van der Waals surface area contributed by atoms with E-state index in [0.717, 1.165) is 0 Å². The molecule has 106 valence electrons. The number of rotatable bonds is 5. The van der Waals surface area contributed by atoms with Crippen LogP contribution in [0.15, 0.2) is 40.8 Å². The Morgan fingerprint density at radius 2 is 2.25 bits per heavy atom. The molecule has 0 fully saturated rings. The van der Waals surface area contributed by atoms with Gasteiger partial charge in [-0.2, -0.15) is 4.99 Å². The second-order valence-corrected chi connectivity index (χ2v) is 5.14. The van der Waals surface area contributed by atoms with Crippen LogP contribution in [0.5, 0.6) is 0 Å². The first-order chi connectivity index (χ1) is 9.70. The minimum atomic E-state index is -0.251. The van der Waals surface area contributed by atoms with Gasteiger partial charge in [0.25, 0.3) is 0 Å². The van der Waals surface area contributed by atoms with E-state index in [-0.39, 0.29) is 11.7 Å². The van der Waals surface area contributed by atoms with Crippen LogP contribution in [0.25, 0.3) is 0 Å². The molecule has 1 aromatic carbocycles. The summed E-state index contributed by atoms with van der Waals surface area (Å²) in [7, 11) is 1.79. The predicted molar refractivity (Wildman–Crippen MR) is 76.9 cm³/mol. The number of thiazole rings is 1. The lowest BCUT2D eigenvalue weighted by Gasteiger charge is -2.04. The standard InChI is InChI=1S/C14H16FN3OS/c1-16-7-6-13(19)17-14-18(8-9-20-14)10-11-4-2-3-5-12(11)15/h2-5,8-9,16H,6-7,10H2,1H3. The molecule has 0 unspecified atom stereocenters. The zero-order chi connectivity index (χ0) is 14.4. The number of amides is 1. The summed E-state index contributed by atoms with van der Waals surface area (Å²) >= 11 is 1.37. The fraction of sp³-hybridized carbons (Fsp3) is 0.286. The monoisotopic (exact) mass is 293 g/mol. The maximum Gasteiger partial charge on any atom is 0.249 e. The van der Waals surface area contributed by atoms with Gasteiger partial charge in [-0.05, 0) is 13.1 Å². The predicted octanol–water partition coefficient (Wildman–Crippen LogP) is 1.77. The van der Waals surface area contributed by atoms with E-state index in [2.05, 4.69) is 10.3 Å². The highest BCUT2D eigenvalue weighted by Crippen LogP contribution is 2.08. The molecule has 1 aromatic heterocycles. The molecule has 0 saturated carbocycles. The fourth-order valence-corrected chi connectivity index (χ4v) is 2.46. The van der Waals surface area contributed by atoms with Crippen molar-refractivity contribution in [2.75, 3.05) is 13.6 Å². The Balaban J connectivity index is 2.19. The Bertz CT molecular complexity index is 648. The molecule has 0 bridgehead atoms. The SMILES string of the molecule is CNCCC(=O)N=c1sccn1Cc1ccccc1F. The average molecular weight is 293 g/mol. The van der Waals surface area contributed by atoms with E-state index in [1.165, 1.54) is 17.4 Å². The molecule has 1 heterocycles. The van der Waals surface area contributed by atoms with Crippen molar-refractivity contribution in [3.63, 3.8) is 0 Å². The van der Waals surface area contributed by atoms with Crippen LogP contribution >= 0.6 is 11.3 Å². The Morgan fingerprint density at radius 3 is 3.00 bits per heavy atom. The van der Waals surface area contributed by atoms with Gasteiger partial charge in [0.2, 0.25) is 5.91 Å². The highest BCUT2D eigenvalue weighted by molar-refractivity contribution is 7.07. The van der Waals surface area contributed by atoms with Gasteiger partial charge >= 0.3 is 0 Å². The van der Waals surface area contributed by atoms with Crippen molar-refractivity contribution in [1.29, 1.82) is 0 Å². The van der Waals surface area contributed by atoms with Gasteiger partial charge < -0.3 is 9.88 Å². The van der Waals surface area contributed by atoms with E-state index in [9.17, 15) is 9.18 Å². The fourth-order valence-electron chi connectivity index (χ4n) is 1.71. The number of hydrogen-bond acceptors (Lipinski definition) is 3. The third kappa shape index (κ3) is 3.85. The van der Waals surface area contributed by atoms with Gasteiger partial charge in [-0.15, -0.1) is 11.3 Å². The number of aromatic nitrogens is 1. The minimum absolute atomic E-state index is 0.177. The topological polar surface area (TPSA) is 46.4 Å². The summed E-state index contributed by atoms with van der Waals surface area (Å²) in [5.41, 5.74) is 0.579. The van der Waals surface area contributed by atoms with Crippen molar-refractivity contribution in [1.82, 2.24) is 9.88 Å². The molecule has 1 amide bonds. The Morgan fingerprint density at radius 1 is 1.45 bits per heavy atom. The number of halogens is 1. The summed E-state index contributed by atoms with van der Waals surface area (Å²) in [6.45, 7) is 0.968. The van der Waals surface area contributed by atoms with E-state index in [0.29, 0.717) is 29.9 Å². The van der Waals surface area contributed by atoms with Gasteiger partial charge in [-0.1, -0.05) is 18.2 Å². The molecule has 20 heavy (non-hydrogen) atoms. The number of nitrogens with zero attached hydrogens (tertiary/aromatic N) is 2. The molecular formula is C14H16FN3OS. The summed E-state index contributed by atoms with van der Waals surface area (Å²) < 4.78 is 15.4. The molecule has 4 nitrogen and oxygen atoms in total. The number of carbonyl (C=O) groups is 1. The maximum atomic E-state index is 13.6. The molecule has 0 aliphatic carbocycles. The molecule has 0 aliphatic heterocycles. The molecular weight excluding hydrogens is 277 g/mol. The van der Waals surface area contributed by atoms with Gasteiger partial charge in [-0.3, -0.25) is 4.79 Å². The molecule has 1 N–H and O–H groups in total. The van der Waals surface area contributed by atoms with Crippen LogP contribution in [0.3, 0.4) is 0 Å². The second-order valence-electron chi connectivity index (χ2n) is 4.26. The highest BCUT2D eigenvalue weighted by Gasteiger charge is 2.04. The molecule has 0 saturated heterocycles. The third-order valence-corrected chi connectivity index (χ3v) is 3.56. The van der Waals surface area contributed by atoms with E-state index in [1.54, 1.807) is 36.0 Å². The van der Waals surface area contributed by atoms with Crippen molar-refractivity contribution in [3.8, 4) is 0 Å². The van der Waals surface area contributed by atoms with Crippen molar-refractivity contribution < 1.29 is 9.18 Å². The first kappa shape index (κ1) is 14.6. The minimum Gasteiger partial charge on any atom is -0.319 e. The van der Waals surface area contributed by atoms with Crippen LogP contribution in [-0.4, -0.2) is 24.1 Å². The summed E-state index contributed by atoms with van der Waals surface area (Å²) in [5, 5.41) is 4.74. The molecule has 0 radical (unpaired) electrons. The van der Waals surface area contributed by atoms with Gasteiger partial charge in [0.05, 0.1) is 6.54 Å². The van der Waals surface area contributed by atoms with Crippen molar-refractivity contribution in [3.05, 3.63) is 52.0 Å². The van der Waals surface area contributed by atoms with E-state index < -0.39 is 0 Å². The summed E-state index contributed by atoms with van der Waals surface area (Å²) in [6.07, 6.45) is 2.16. The van der Waals surface area contributed by atoms with Gasteiger partial charge in [0.15, 0.2) is 4.80 Å². The van der Waals surface area contributed by atoms with Crippen LogP contribution in [-0.2, 0) is 11.3 Å². The van der Waals surface area contributed by atoms with Crippen LogP contribution in [0.1, 0.15) is 12.0 Å². The van der Waals surface area contributed by atoms with E-state index >= 15 is 0 Å². The van der Waals surface area contributed by atoms with Crippen molar-refractivity contribution in [2.45, 2.75) is 13.0 Å². The summed E-state index contributed by atoms with van der Waals surface area (Å²) in [4.78, 5) is 16.3. The van der Waals surface area contributed by atoms with E-state index in [1.807, 2.05) is 5.38 Å². The lowest BCUT2D eigenvalue weighted by atomic mass is 10.2. The lowest BCUT2D eigenvalue weighted by molar-refractivity contribution is -0.118. The van der Waals surface area contributed by atoms with Gasteiger partial charge in [0, 0.05) is 30.1 Å². The van der Waals surface area contributed by atoms with Crippen LogP contribution in [0.4, 0.5) is 4.39 Å². The first-order valence-electron chi connectivity index (χ1n) is 6.30. The normalized spacial score (nSPS) is 11.8.